The van der Waals surface area contributed by atoms with E-state index in [9.17, 15) is 5.11 Å². The van der Waals surface area contributed by atoms with Gasteiger partial charge in [-0.2, -0.15) is 0 Å². The minimum Gasteiger partial charge on any atom is -0.464 e. The molecule has 0 spiro atoms. The largest absolute Gasteiger partial charge is 0.464 e. The molecule has 0 aliphatic carbocycles. The summed E-state index contributed by atoms with van der Waals surface area (Å²) < 4.78 is 5.17. The van der Waals surface area contributed by atoms with Crippen molar-refractivity contribution in [3.63, 3.8) is 0 Å². The van der Waals surface area contributed by atoms with E-state index in [0.717, 1.165) is 16.5 Å². The maximum atomic E-state index is 9.29. The lowest BCUT2D eigenvalue weighted by Crippen LogP contribution is -1.88. The van der Waals surface area contributed by atoms with Crippen LogP contribution in [0.3, 0.4) is 0 Å². The second kappa shape index (κ2) is 2.64. The standard InChI is InChI=1S/C10H10O2/c1-7(11)8-2-3-10-9(6-8)4-5-12-10/h2-7,11H,1H3/t7-/m1/s1. The van der Waals surface area contributed by atoms with Crippen molar-refractivity contribution >= 4 is 11.0 Å². The predicted octanol–water partition coefficient (Wildman–Crippen LogP) is 2.49. The van der Waals surface area contributed by atoms with Crippen molar-refractivity contribution in [2.75, 3.05) is 0 Å². The van der Waals surface area contributed by atoms with Crippen LogP contribution in [0.4, 0.5) is 0 Å². The Balaban J connectivity index is 2.60. The highest BCUT2D eigenvalue weighted by molar-refractivity contribution is 5.77. The van der Waals surface area contributed by atoms with Crippen molar-refractivity contribution in [3.05, 3.63) is 36.1 Å². The summed E-state index contributed by atoms with van der Waals surface area (Å²) in [4.78, 5) is 0. The van der Waals surface area contributed by atoms with Crippen LogP contribution in [-0.2, 0) is 0 Å². The van der Waals surface area contributed by atoms with Gasteiger partial charge in [0.25, 0.3) is 0 Å². The summed E-state index contributed by atoms with van der Waals surface area (Å²) in [7, 11) is 0. The zero-order valence-corrected chi connectivity index (χ0v) is 6.82. The summed E-state index contributed by atoms with van der Waals surface area (Å²) in [5, 5.41) is 10.3. The molecule has 0 fully saturated rings. The summed E-state index contributed by atoms with van der Waals surface area (Å²) in [6, 6.07) is 7.57. The molecule has 2 rings (SSSR count). The van der Waals surface area contributed by atoms with Crippen LogP contribution in [0.2, 0.25) is 0 Å². The van der Waals surface area contributed by atoms with E-state index >= 15 is 0 Å². The van der Waals surface area contributed by atoms with Gasteiger partial charge in [0.15, 0.2) is 0 Å². The van der Waals surface area contributed by atoms with E-state index in [4.69, 9.17) is 4.42 Å². The van der Waals surface area contributed by atoms with Crippen molar-refractivity contribution in [1.82, 2.24) is 0 Å². The van der Waals surface area contributed by atoms with Crippen LogP contribution in [0.15, 0.2) is 34.9 Å². The van der Waals surface area contributed by atoms with Gasteiger partial charge in [-0.25, -0.2) is 0 Å². The third-order valence-electron chi connectivity index (χ3n) is 1.96. The van der Waals surface area contributed by atoms with E-state index in [-0.39, 0.29) is 0 Å². The first-order valence-corrected chi connectivity index (χ1v) is 3.92. The topological polar surface area (TPSA) is 33.4 Å². The normalized spacial score (nSPS) is 13.5. The highest BCUT2D eigenvalue weighted by Crippen LogP contribution is 2.20. The first-order chi connectivity index (χ1) is 5.77. The molecule has 12 heavy (non-hydrogen) atoms. The van der Waals surface area contributed by atoms with Gasteiger partial charge in [-0.05, 0) is 30.7 Å². The number of aliphatic hydroxyl groups is 1. The minimum atomic E-state index is -0.413. The second-order valence-electron chi connectivity index (χ2n) is 2.89. The number of benzene rings is 1. The Morgan fingerprint density at radius 2 is 2.17 bits per heavy atom. The fourth-order valence-electron chi connectivity index (χ4n) is 1.24. The second-order valence-corrected chi connectivity index (χ2v) is 2.89. The van der Waals surface area contributed by atoms with Gasteiger partial charge in [0.05, 0.1) is 12.4 Å². The highest BCUT2D eigenvalue weighted by atomic mass is 16.3. The number of rotatable bonds is 1. The Labute approximate surface area is 70.4 Å². The van der Waals surface area contributed by atoms with Gasteiger partial charge in [-0.3, -0.25) is 0 Å². The molecule has 0 saturated heterocycles. The summed E-state index contributed by atoms with van der Waals surface area (Å²) in [5.41, 5.74) is 1.78. The maximum Gasteiger partial charge on any atom is 0.133 e. The van der Waals surface area contributed by atoms with E-state index in [1.165, 1.54) is 0 Å². The lowest BCUT2D eigenvalue weighted by molar-refractivity contribution is 0.199. The average molecular weight is 162 g/mol. The van der Waals surface area contributed by atoms with Gasteiger partial charge >= 0.3 is 0 Å². The monoisotopic (exact) mass is 162 g/mol. The van der Waals surface area contributed by atoms with Crippen LogP contribution < -0.4 is 0 Å². The third kappa shape index (κ3) is 1.10. The van der Waals surface area contributed by atoms with E-state index in [1.807, 2.05) is 24.3 Å². The molecule has 1 aromatic heterocycles. The fourth-order valence-corrected chi connectivity index (χ4v) is 1.24. The van der Waals surface area contributed by atoms with E-state index in [2.05, 4.69) is 0 Å². The van der Waals surface area contributed by atoms with Crippen molar-refractivity contribution in [2.45, 2.75) is 13.0 Å². The Bertz CT molecular complexity index is 387. The van der Waals surface area contributed by atoms with Gasteiger partial charge in [0, 0.05) is 5.39 Å². The van der Waals surface area contributed by atoms with Gasteiger partial charge in [0.2, 0.25) is 0 Å². The molecule has 0 aliphatic heterocycles. The van der Waals surface area contributed by atoms with E-state index in [1.54, 1.807) is 13.2 Å². The van der Waals surface area contributed by atoms with Crippen molar-refractivity contribution < 1.29 is 9.52 Å². The molecule has 2 aromatic rings. The van der Waals surface area contributed by atoms with Crippen molar-refractivity contribution in [3.8, 4) is 0 Å². The van der Waals surface area contributed by atoms with Crippen LogP contribution in [0.5, 0.6) is 0 Å². The molecule has 1 atom stereocenters. The molecule has 0 radical (unpaired) electrons. The number of hydrogen-bond donors (Lipinski definition) is 1. The molecular formula is C10H10O2. The summed E-state index contributed by atoms with van der Waals surface area (Å²) in [6.45, 7) is 1.75. The van der Waals surface area contributed by atoms with Crippen LogP contribution in [0.25, 0.3) is 11.0 Å². The highest BCUT2D eigenvalue weighted by Gasteiger charge is 2.02. The number of furan rings is 1. The average Bonchev–Trinajstić information content (AvgIpc) is 2.49. The first-order valence-electron chi connectivity index (χ1n) is 3.92. The molecule has 1 heterocycles. The molecule has 1 N–H and O–H groups in total. The third-order valence-corrected chi connectivity index (χ3v) is 1.96. The van der Waals surface area contributed by atoms with E-state index in [0.29, 0.717) is 0 Å². The van der Waals surface area contributed by atoms with E-state index < -0.39 is 6.10 Å². The molecule has 0 aliphatic rings. The predicted molar refractivity (Wildman–Crippen MR) is 46.8 cm³/mol. The van der Waals surface area contributed by atoms with Crippen molar-refractivity contribution in [1.29, 1.82) is 0 Å². The number of hydrogen-bond acceptors (Lipinski definition) is 2. The smallest absolute Gasteiger partial charge is 0.133 e. The lowest BCUT2D eigenvalue weighted by Gasteiger charge is -2.02. The molecule has 62 valence electrons. The molecular weight excluding hydrogens is 152 g/mol. The number of fused-ring (bicyclic) bond motifs is 1. The maximum absolute atomic E-state index is 9.29. The summed E-state index contributed by atoms with van der Waals surface area (Å²) in [6.07, 6.45) is 1.24. The van der Waals surface area contributed by atoms with Crippen LogP contribution in [0.1, 0.15) is 18.6 Å². The quantitative estimate of drug-likeness (QED) is 0.698. The molecule has 2 nitrogen and oxygen atoms in total. The fraction of sp³-hybridized carbons (Fsp3) is 0.200. The molecule has 0 saturated carbocycles. The molecule has 2 heteroatoms. The van der Waals surface area contributed by atoms with Gasteiger partial charge in [-0.15, -0.1) is 0 Å². The Morgan fingerprint density at radius 1 is 1.33 bits per heavy atom. The Kier molecular flexibility index (Phi) is 1.62. The summed E-state index contributed by atoms with van der Waals surface area (Å²) in [5.74, 6) is 0. The minimum absolute atomic E-state index is 0.413. The van der Waals surface area contributed by atoms with Crippen molar-refractivity contribution in [2.24, 2.45) is 0 Å². The molecule has 0 amide bonds. The van der Waals surface area contributed by atoms with Gasteiger partial charge < -0.3 is 9.52 Å². The molecule has 0 bridgehead atoms. The van der Waals surface area contributed by atoms with Crippen LogP contribution >= 0.6 is 0 Å². The molecule has 0 unspecified atom stereocenters. The lowest BCUT2D eigenvalue weighted by atomic mass is 10.1. The summed E-state index contributed by atoms with van der Waals surface area (Å²) >= 11 is 0. The van der Waals surface area contributed by atoms with Gasteiger partial charge in [0.1, 0.15) is 5.58 Å². The zero-order valence-electron chi connectivity index (χ0n) is 6.82. The van der Waals surface area contributed by atoms with Crippen LogP contribution in [-0.4, -0.2) is 5.11 Å². The van der Waals surface area contributed by atoms with Gasteiger partial charge in [-0.1, -0.05) is 6.07 Å². The Hall–Kier alpha value is -1.28. The molecule has 1 aromatic carbocycles. The zero-order chi connectivity index (χ0) is 8.55. The Morgan fingerprint density at radius 3 is 2.92 bits per heavy atom. The first kappa shape index (κ1) is 7.37. The number of aliphatic hydroxyl groups excluding tert-OH is 1. The van der Waals surface area contributed by atoms with Crippen LogP contribution in [0, 0.1) is 0 Å². The SMILES string of the molecule is C[C@@H](O)c1ccc2occc2c1.